The normalized spacial score (nSPS) is 23.4. The van der Waals surface area contributed by atoms with E-state index >= 15 is 0 Å². The number of nitrogens with one attached hydrogen (secondary N) is 1. The molecule has 0 aliphatic heterocycles. The smallest absolute Gasteiger partial charge is 0.320 e. The molecule has 4 rings (SSSR count). The van der Waals surface area contributed by atoms with Crippen molar-refractivity contribution in [1.82, 2.24) is 9.80 Å². The lowest BCUT2D eigenvalue weighted by atomic mass is 9.80. The summed E-state index contributed by atoms with van der Waals surface area (Å²) in [6, 6.07) is 11.8. The van der Waals surface area contributed by atoms with Gasteiger partial charge in [0.05, 0.1) is 17.2 Å². The summed E-state index contributed by atoms with van der Waals surface area (Å²) < 4.78 is 53.0. The summed E-state index contributed by atoms with van der Waals surface area (Å²) in [5.41, 5.74) is 0.328. The van der Waals surface area contributed by atoms with Crippen molar-refractivity contribution >= 4 is 11.7 Å². The van der Waals surface area contributed by atoms with Crippen LogP contribution < -0.4 is 5.32 Å². The Morgan fingerprint density at radius 1 is 1.20 bits per heavy atom. The molecule has 2 aliphatic carbocycles. The van der Waals surface area contributed by atoms with Gasteiger partial charge in [-0.1, -0.05) is 12.1 Å². The summed E-state index contributed by atoms with van der Waals surface area (Å²) in [7, 11) is 3.78. The zero-order chi connectivity index (χ0) is 25.4. The Labute approximate surface area is 202 Å². The number of alkyl halides is 3. The van der Waals surface area contributed by atoms with Gasteiger partial charge in [0.25, 0.3) is 0 Å². The quantitative estimate of drug-likeness (QED) is 0.537. The van der Waals surface area contributed by atoms with E-state index in [0.717, 1.165) is 43.4 Å². The minimum absolute atomic E-state index is 0.0334. The largest absolute Gasteiger partial charge is 0.419 e. The first-order chi connectivity index (χ1) is 16.5. The van der Waals surface area contributed by atoms with Gasteiger partial charge in [-0.05, 0) is 87.0 Å². The van der Waals surface area contributed by atoms with E-state index in [2.05, 4.69) is 17.5 Å². The molecule has 3 unspecified atom stereocenters. The molecular formula is C26H28F4N4O. The maximum atomic E-state index is 13.7. The molecule has 3 atom stereocenters. The zero-order valence-corrected chi connectivity index (χ0v) is 19.7. The highest BCUT2D eigenvalue weighted by molar-refractivity contribution is 5.89. The van der Waals surface area contributed by atoms with Crippen molar-refractivity contribution in [2.45, 2.75) is 43.3 Å². The number of hydrogen-bond donors (Lipinski definition) is 1. The van der Waals surface area contributed by atoms with E-state index in [-0.39, 0.29) is 17.1 Å². The third-order valence-electron chi connectivity index (χ3n) is 7.29. The van der Waals surface area contributed by atoms with Crippen molar-refractivity contribution in [3.8, 4) is 6.07 Å². The molecular weight excluding hydrogens is 460 g/mol. The average Bonchev–Trinajstić information content (AvgIpc) is 3.55. The van der Waals surface area contributed by atoms with Gasteiger partial charge in [-0.2, -0.15) is 18.4 Å². The number of fused-ring (bicyclic) bond motifs is 1. The van der Waals surface area contributed by atoms with E-state index in [0.29, 0.717) is 30.6 Å². The predicted molar refractivity (Wildman–Crippen MR) is 124 cm³/mol. The Balaban J connectivity index is 1.50. The molecule has 0 heterocycles. The first-order valence-electron chi connectivity index (χ1n) is 11.6. The van der Waals surface area contributed by atoms with Crippen LogP contribution in [0.25, 0.3) is 0 Å². The molecule has 2 amide bonds. The van der Waals surface area contributed by atoms with E-state index in [9.17, 15) is 27.6 Å². The molecule has 0 spiro atoms. The Kier molecular flexibility index (Phi) is 6.78. The van der Waals surface area contributed by atoms with Crippen LogP contribution in [0.2, 0.25) is 0 Å². The molecule has 2 aromatic rings. The summed E-state index contributed by atoms with van der Waals surface area (Å²) in [6.45, 7) is 1.02. The summed E-state index contributed by atoms with van der Waals surface area (Å²) in [6.07, 6.45) is -1.44. The molecule has 0 aromatic heterocycles. The molecule has 0 radical (unpaired) electrons. The molecule has 186 valence electrons. The lowest BCUT2D eigenvalue weighted by molar-refractivity contribution is -0.139. The molecule has 35 heavy (non-hydrogen) atoms. The predicted octanol–water partition coefficient (Wildman–Crippen LogP) is 5.62. The summed E-state index contributed by atoms with van der Waals surface area (Å²) in [5.74, 6) is -0.995. The number of rotatable bonds is 6. The lowest BCUT2D eigenvalue weighted by Gasteiger charge is -2.37. The van der Waals surface area contributed by atoms with Gasteiger partial charge in [-0.25, -0.2) is 9.18 Å². The first kappa shape index (κ1) is 25.0. The molecule has 2 aromatic carbocycles. The second kappa shape index (κ2) is 9.50. The molecule has 9 heteroatoms. The number of halogens is 4. The Bertz CT molecular complexity index is 1140. The molecule has 0 bridgehead atoms. The molecule has 5 nitrogen and oxygen atoms in total. The van der Waals surface area contributed by atoms with Crippen LogP contribution in [0.4, 0.5) is 28.0 Å². The number of nitriles is 1. The minimum Gasteiger partial charge on any atom is -0.320 e. The molecule has 2 aliphatic rings. The second-order valence-corrected chi connectivity index (χ2v) is 9.80. The lowest BCUT2D eigenvalue weighted by Crippen LogP contribution is -2.47. The first-order valence-corrected chi connectivity index (χ1v) is 11.6. The fraction of sp³-hybridized carbons (Fsp3) is 0.462. The van der Waals surface area contributed by atoms with Crippen molar-refractivity contribution in [1.29, 1.82) is 5.26 Å². The number of urea groups is 1. The fourth-order valence-electron chi connectivity index (χ4n) is 5.32. The highest BCUT2D eigenvalue weighted by atomic mass is 19.4. The van der Waals surface area contributed by atoms with Crippen molar-refractivity contribution in [2.24, 2.45) is 5.92 Å². The number of carbonyl (C=O) groups excluding carboxylic acids is 1. The van der Waals surface area contributed by atoms with Crippen molar-refractivity contribution in [2.75, 3.05) is 32.5 Å². The van der Waals surface area contributed by atoms with Crippen LogP contribution in [-0.2, 0) is 11.6 Å². The van der Waals surface area contributed by atoms with Gasteiger partial charge in [0, 0.05) is 24.8 Å². The Morgan fingerprint density at radius 2 is 1.97 bits per heavy atom. The van der Waals surface area contributed by atoms with E-state index in [4.69, 9.17) is 0 Å². The van der Waals surface area contributed by atoms with Gasteiger partial charge in [-0.3, -0.25) is 0 Å². The van der Waals surface area contributed by atoms with Gasteiger partial charge in [0.2, 0.25) is 0 Å². The maximum absolute atomic E-state index is 13.7. The number of anilines is 1. The SMILES string of the molecule is CN(C)CCN(C(=O)Nc1ccc(F)c(C(F)(F)F)c1)C1CCC2(c3cccc(C#N)c3)CC2C1. The van der Waals surface area contributed by atoms with Gasteiger partial charge in [0.15, 0.2) is 0 Å². The van der Waals surface area contributed by atoms with Crippen LogP contribution in [0.5, 0.6) is 0 Å². The van der Waals surface area contributed by atoms with Crippen LogP contribution in [0.15, 0.2) is 42.5 Å². The van der Waals surface area contributed by atoms with E-state index < -0.39 is 23.6 Å². The van der Waals surface area contributed by atoms with Crippen LogP contribution >= 0.6 is 0 Å². The Morgan fingerprint density at radius 3 is 2.63 bits per heavy atom. The topological polar surface area (TPSA) is 59.4 Å². The minimum atomic E-state index is -4.85. The third kappa shape index (κ3) is 5.27. The number of nitrogens with zero attached hydrogens (tertiary/aromatic N) is 3. The zero-order valence-electron chi connectivity index (χ0n) is 19.7. The molecule has 1 N–H and O–H groups in total. The van der Waals surface area contributed by atoms with Crippen LogP contribution in [-0.4, -0.2) is 49.1 Å². The van der Waals surface area contributed by atoms with Crippen molar-refractivity contribution in [3.05, 3.63) is 65.0 Å². The number of benzene rings is 2. The molecule has 0 saturated heterocycles. The summed E-state index contributed by atoms with van der Waals surface area (Å²) >= 11 is 0. The maximum Gasteiger partial charge on any atom is 0.419 e. The molecule has 2 saturated carbocycles. The summed E-state index contributed by atoms with van der Waals surface area (Å²) in [4.78, 5) is 16.9. The number of carbonyl (C=O) groups is 1. The standard InChI is InChI=1S/C26H28F4N4O/c1-33(2)10-11-34(24(35)32-20-6-7-23(27)22(14-20)26(28,29)30)21-8-9-25(15-19(25)13-21)18-5-3-4-17(12-18)16-31/h3-7,12,14,19,21H,8-11,13,15H2,1-2H3,(H,32,35). The third-order valence-corrected chi connectivity index (χ3v) is 7.29. The van der Waals surface area contributed by atoms with Crippen molar-refractivity contribution < 1.29 is 22.4 Å². The van der Waals surface area contributed by atoms with Crippen LogP contribution in [0.1, 0.15) is 42.4 Å². The van der Waals surface area contributed by atoms with Gasteiger partial charge in [0.1, 0.15) is 5.82 Å². The number of hydrogen-bond acceptors (Lipinski definition) is 3. The van der Waals surface area contributed by atoms with E-state index in [1.54, 1.807) is 11.0 Å². The van der Waals surface area contributed by atoms with Crippen LogP contribution in [0.3, 0.4) is 0 Å². The number of likely N-dealkylation sites (N-methyl/N-ethyl adjacent to an activating group) is 1. The highest BCUT2D eigenvalue weighted by Crippen LogP contribution is 2.62. The second-order valence-electron chi connectivity index (χ2n) is 9.80. The average molecular weight is 489 g/mol. The van der Waals surface area contributed by atoms with Crippen molar-refractivity contribution in [3.63, 3.8) is 0 Å². The summed E-state index contributed by atoms with van der Waals surface area (Å²) in [5, 5.41) is 11.8. The molecule has 2 fully saturated rings. The van der Waals surface area contributed by atoms with Gasteiger partial charge >= 0.3 is 12.2 Å². The fourth-order valence-corrected chi connectivity index (χ4v) is 5.32. The Hall–Kier alpha value is -3.12. The van der Waals surface area contributed by atoms with E-state index in [1.165, 1.54) is 0 Å². The number of amides is 2. The monoisotopic (exact) mass is 488 g/mol. The van der Waals surface area contributed by atoms with Gasteiger partial charge in [-0.15, -0.1) is 0 Å². The van der Waals surface area contributed by atoms with E-state index in [1.807, 2.05) is 31.1 Å². The van der Waals surface area contributed by atoms with Crippen LogP contribution in [0, 0.1) is 23.1 Å². The van der Waals surface area contributed by atoms with Gasteiger partial charge < -0.3 is 15.1 Å². The highest BCUT2D eigenvalue weighted by Gasteiger charge is 2.58.